The molecule has 10 heteroatoms. The number of benzene rings is 2. The van der Waals surface area contributed by atoms with Crippen LogP contribution in [0.4, 0.5) is 0 Å². The molecule has 0 aliphatic carbocycles. The Labute approximate surface area is 178 Å². The second-order valence-corrected chi connectivity index (χ2v) is 7.29. The van der Waals surface area contributed by atoms with Crippen LogP contribution in [0, 0.1) is 0 Å². The highest BCUT2D eigenvalue weighted by Crippen LogP contribution is 2.37. The molecule has 0 saturated carbocycles. The highest BCUT2D eigenvalue weighted by Gasteiger charge is 2.27. The molecule has 0 spiro atoms. The number of esters is 1. The molecule has 164 valence electrons. The number of nitrogens with one attached hydrogen (secondary N) is 2. The van der Waals surface area contributed by atoms with Crippen LogP contribution in [-0.4, -0.2) is 53.4 Å². The van der Waals surface area contributed by atoms with Crippen LogP contribution in [0.2, 0.25) is 0 Å². The molecule has 2 unspecified atom stereocenters. The number of ether oxygens (including phenoxy) is 1. The van der Waals surface area contributed by atoms with E-state index in [2.05, 4.69) is 10.6 Å². The smallest absolute Gasteiger partial charge is 0.328 e. The number of phenolic OH excluding ortho intramolecular Hbond substituents is 2. The molecule has 8 N–H and O–H groups in total. The lowest BCUT2D eigenvalue weighted by molar-refractivity contribution is -0.145. The Hall–Kier alpha value is -3.63. The van der Waals surface area contributed by atoms with E-state index in [1.807, 2.05) is 0 Å². The normalized spacial score (nSPS) is 21.8. The number of methoxy groups -OCH3 is 1. The molecule has 3 rings (SSSR count). The summed E-state index contributed by atoms with van der Waals surface area (Å²) in [4.78, 5) is 37.0. The largest absolute Gasteiger partial charge is 0.507 e. The van der Waals surface area contributed by atoms with Gasteiger partial charge in [-0.25, -0.2) is 4.79 Å². The number of hydrogen-bond donors (Lipinski definition) is 6. The first-order valence-corrected chi connectivity index (χ1v) is 9.53. The fraction of sp³-hybridized carbons (Fsp3) is 0.286. The number of carbonyl (C=O) groups is 3. The quantitative estimate of drug-likeness (QED) is 0.321. The molecule has 4 bridgehead atoms. The van der Waals surface area contributed by atoms with Crippen molar-refractivity contribution in [3.05, 3.63) is 47.5 Å². The molecule has 0 fully saturated rings. The van der Waals surface area contributed by atoms with Gasteiger partial charge in [0.1, 0.15) is 17.5 Å². The van der Waals surface area contributed by atoms with Gasteiger partial charge in [-0.1, -0.05) is 12.1 Å². The Bertz CT molecular complexity index is 1020. The van der Waals surface area contributed by atoms with E-state index in [1.165, 1.54) is 19.2 Å². The van der Waals surface area contributed by atoms with Crippen LogP contribution < -0.4 is 22.1 Å². The second kappa shape index (κ2) is 9.02. The molecule has 1 aliphatic rings. The van der Waals surface area contributed by atoms with Crippen LogP contribution in [-0.2, 0) is 32.0 Å². The molecule has 3 atom stereocenters. The molecule has 1 aliphatic heterocycles. The standard InChI is InChI=1S/C21H24N4O6/c1-31-21(30)15-9-11-3-5-17(27)13(7-11)12-6-10(2-4-16(12)26)8-14(22)19(28)25-18(23)20(29)24-15/h2-7,14-15,18,26-27H,8-9,22-23H2,1H3,(H,24,29)(H,25,28)/t14?,15?,18-/m1/s1. The average Bonchev–Trinajstić information content (AvgIpc) is 2.74. The molecule has 0 aromatic heterocycles. The zero-order valence-electron chi connectivity index (χ0n) is 16.8. The van der Waals surface area contributed by atoms with Gasteiger partial charge in [-0.05, 0) is 41.8 Å². The third-order valence-electron chi connectivity index (χ3n) is 5.03. The predicted molar refractivity (Wildman–Crippen MR) is 111 cm³/mol. The van der Waals surface area contributed by atoms with Crippen molar-refractivity contribution in [1.82, 2.24) is 10.6 Å². The van der Waals surface area contributed by atoms with E-state index in [-0.39, 0.29) is 24.3 Å². The Morgan fingerprint density at radius 3 is 2.03 bits per heavy atom. The first-order chi connectivity index (χ1) is 14.7. The van der Waals surface area contributed by atoms with Gasteiger partial charge in [0, 0.05) is 17.5 Å². The molecule has 0 radical (unpaired) electrons. The van der Waals surface area contributed by atoms with Crippen molar-refractivity contribution < 1.29 is 29.3 Å². The Morgan fingerprint density at radius 2 is 1.48 bits per heavy atom. The molecule has 2 amide bonds. The topological polar surface area (TPSA) is 177 Å². The fourth-order valence-electron chi connectivity index (χ4n) is 3.36. The maximum atomic E-state index is 12.4. The van der Waals surface area contributed by atoms with Gasteiger partial charge in [-0.3, -0.25) is 9.59 Å². The average molecular weight is 428 g/mol. The minimum Gasteiger partial charge on any atom is -0.507 e. The highest BCUT2D eigenvalue weighted by atomic mass is 16.5. The van der Waals surface area contributed by atoms with Crippen molar-refractivity contribution >= 4 is 17.8 Å². The van der Waals surface area contributed by atoms with E-state index in [9.17, 15) is 24.6 Å². The van der Waals surface area contributed by atoms with Crippen molar-refractivity contribution in [1.29, 1.82) is 0 Å². The molecule has 2 aromatic carbocycles. The molecule has 1 heterocycles. The second-order valence-electron chi connectivity index (χ2n) is 7.29. The third kappa shape index (κ3) is 4.93. The lowest BCUT2D eigenvalue weighted by atomic mass is 9.95. The number of amides is 2. The van der Waals surface area contributed by atoms with Crippen molar-refractivity contribution in [2.24, 2.45) is 11.5 Å². The van der Waals surface area contributed by atoms with Crippen molar-refractivity contribution in [2.75, 3.05) is 7.11 Å². The molecule has 2 aromatic rings. The van der Waals surface area contributed by atoms with Crippen molar-refractivity contribution in [3.63, 3.8) is 0 Å². The summed E-state index contributed by atoms with van der Waals surface area (Å²) in [5.41, 5.74) is 13.6. The number of fused-ring (bicyclic) bond motifs is 5. The van der Waals surface area contributed by atoms with E-state index in [0.717, 1.165) is 0 Å². The van der Waals surface area contributed by atoms with Gasteiger partial charge in [0.15, 0.2) is 6.17 Å². The molecule has 10 nitrogen and oxygen atoms in total. The van der Waals surface area contributed by atoms with Crippen LogP contribution in [0.5, 0.6) is 11.5 Å². The minimum absolute atomic E-state index is 0.0202. The van der Waals surface area contributed by atoms with Crippen LogP contribution in [0.15, 0.2) is 36.4 Å². The van der Waals surface area contributed by atoms with E-state index >= 15 is 0 Å². The molecular weight excluding hydrogens is 404 g/mol. The predicted octanol–water partition coefficient (Wildman–Crippen LogP) is -0.750. The van der Waals surface area contributed by atoms with E-state index < -0.39 is 36.0 Å². The SMILES string of the molecule is COC(=O)C1Cc2ccc(O)c(c2)-c2cc(ccc2O)CC(N)C(=O)N[C@@H](N)C(=O)N1. The third-order valence-corrected chi connectivity index (χ3v) is 5.03. The van der Waals surface area contributed by atoms with Gasteiger partial charge in [0.25, 0.3) is 5.91 Å². The van der Waals surface area contributed by atoms with Gasteiger partial charge in [0.05, 0.1) is 13.2 Å². The van der Waals surface area contributed by atoms with E-state index in [1.54, 1.807) is 24.3 Å². The summed E-state index contributed by atoms with van der Waals surface area (Å²) in [5, 5.41) is 25.5. The number of carbonyl (C=O) groups excluding carboxylic acids is 3. The fourth-order valence-corrected chi connectivity index (χ4v) is 3.36. The Balaban J connectivity index is 2.12. The summed E-state index contributed by atoms with van der Waals surface area (Å²) in [6, 6.07) is 7.12. The van der Waals surface area contributed by atoms with Crippen LogP contribution >= 0.6 is 0 Å². The Morgan fingerprint density at radius 1 is 0.935 bits per heavy atom. The summed E-state index contributed by atoms with van der Waals surface area (Å²) in [6.07, 6.45) is -1.31. The van der Waals surface area contributed by atoms with E-state index in [4.69, 9.17) is 16.2 Å². The molecule has 31 heavy (non-hydrogen) atoms. The number of phenols is 2. The first-order valence-electron chi connectivity index (χ1n) is 9.53. The number of rotatable bonds is 1. The van der Waals surface area contributed by atoms with Gasteiger partial charge in [-0.15, -0.1) is 0 Å². The summed E-state index contributed by atoms with van der Waals surface area (Å²) >= 11 is 0. The monoisotopic (exact) mass is 428 g/mol. The highest BCUT2D eigenvalue weighted by molar-refractivity contribution is 5.92. The van der Waals surface area contributed by atoms with Gasteiger partial charge in [-0.2, -0.15) is 0 Å². The lowest BCUT2D eigenvalue weighted by Gasteiger charge is -2.21. The van der Waals surface area contributed by atoms with Crippen molar-refractivity contribution in [3.8, 4) is 22.6 Å². The van der Waals surface area contributed by atoms with E-state index in [0.29, 0.717) is 22.3 Å². The minimum atomic E-state index is -1.43. The van der Waals surface area contributed by atoms with Crippen LogP contribution in [0.3, 0.4) is 0 Å². The number of hydrogen-bond acceptors (Lipinski definition) is 8. The summed E-state index contributed by atoms with van der Waals surface area (Å²) in [7, 11) is 1.18. The summed E-state index contributed by atoms with van der Waals surface area (Å²) < 4.78 is 4.76. The van der Waals surface area contributed by atoms with Crippen LogP contribution in [0.25, 0.3) is 11.1 Å². The molecular formula is C21H24N4O6. The maximum Gasteiger partial charge on any atom is 0.328 e. The number of aromatic hydroxyl groups is 2. The maximum absolute atomic E-state index is 12.4. The zero-order chi connectivity index (χ0) is 22.7. The number of nitrogens with two attached hydrogens (primary N) is 2. The van der Waals surface area contributed by atoms with Gasteiger partial charge >= 0.3 is 5.97 Å². The van der Waals surface area contributed by atoms with Gasteiger partial charge in [0.2, 0.25) is 5.91 Å². The summed E-state index contributed by atoms with van der Waals surface area (Å²) in [6.45, 7) is 0. The first kappa shape index (κ1) is 22.1. The summed E-state index contributed by atoms with van der Waals surface area (Å²) in [5.74, 6) is -2.35. The zero-order valence-corrected chi connectivity index (χ0v) is 16.8. The molecule has 0 saturated heterocycles. The van der Waals surface area contributed by atoms with Crippen LogP contribution in [0.1, 0.15) is 11.1 Å². The van der Waals surface area contributed by atoms with Gasteiger partial charge < -0.3 is 37.1 Å². The lowest BCUT2D eigenvalue weighted by Crippen LogP contribution is -2.58. The Kier molecular flexibility index (Phi) is 6.42. The van der Waals surface area contributed by atoms with Crippen molar-refractivity contribution in [2.45, 2.75) is 31.1 Å².